The van der Waals surface area contributed by atoms with Crippen molar-refractivity contribution in [3.63, 3.8) is 0 Å². The number of nitrogens with zero attached hydrogens (tertiary/aromatic N) is 14. The lowest BCUT2D eigenvalue weighted by molar-refractivity contribution is -0.388. The van der Waals surface area contributed by atoms with Gasteiger partial charge < -0.3 is 22.1 Å². The van der Waals surface area contributed by atoms with Gasteiger partial charge in [0.1, 0.15) is 28.9 Å². The third-order valence-electron chi connectivity index (χ3n) is 12.5. The van der Waals surface area contributed by atoms with Gasteiger partial charge in [-0.05, 0) is 100 Å². The Labute approximate surface area is 490 Å². The normalized spacial score (nSPS) is 11.2. The number of hydrogen-bond acceptors (Lipinski definition) is 17. The number of benzene rings is 6. The van der Waals surface area contributed by atoms with Gasteiger partial charge in [-0.15, -0.1) is 0 Å². The monoisotopic (exact) mass is 1240 g/mol. The lowest BCUT2D eigenvalue weighted by atomic mass is 10.1. The molecule has 436 valence electrons. The van der Waals surface area contributed by atoms with Crippen LogP contribution in [-0.2, 0) is 12.4 Å². The standard InChI is InChI=1S/C19H13F3N6O2.C19H15F3N6.C12H11N5.C7H6BrNO2/c1-11-24-14-4-2-3-5-15(14)27(11)18-10-23-9-17(26-18)25-12-6-7-13(19(20,21)22)16(8-12)28(29)30;1-11-25-15-4-2-3-5-16(15)28(11)18-10-24-9-17(27-18)26-12-6-7-13(14(23)8-12)19(20,21)22;1-8-15-9-4-2-3-5-10(9)17(8)12-7-14-6-11(13)16-12;1-5-2-3-6(8)4-7(5)9(10)11/h2-10H,1H3,(H,25,26);2-10H,23H2,1H3,(H,26,27);2-7H,1H3,(H2,13,16);2-4H,1H3. The van der Waals surface area contributed by atoms with Crippen LogP contribution in [0.1, 0.15) is 34.2 Å². The molecule has 22 nitrogen and oxygen atoms in total. The molecule has 0 saturated carbocycles. The van der Waals surface area contributed by atoms with E-state index in [1.807, 2.05) is 95.8 Å². The molecule has 0 fully saturated rings. The number of aryl methyl sites for hydroxylation is 4. The van der Waals surface area contributed by atoms with Crippen LogP contribution in [0.3, 0.4) is 0 Å². The minimum absolute atomic E-state index is 0.0772. The molecule has 6 N–H and O–H groups in total. The van der Waals surface area contributed by atoms with Crippen molar-refractivity contribution in [2.45, 2.75) is 40.0 Å². The summed E-state index contributed by atoms with van der Waals surface area (Å²) in [4.78, 5) is 59.0. The number of fused-ring (bicyclic) bond motifs is 3. The third kappa shape index (κ3) is 13.6. The number of nitrogens with two attached hydrogens (primary N) is 2. The van der Waals surface area contributed by atoms with Crippen LogP contribution in [0, 0.1) is 47.9 Å². The first-order chi connectivity index (χ1) is 40.9. The lowest BCUT2D eigenvalue weighted by Gasteiger charge is -2.13. The second kappa shape index (κ2) is 24.9. The van der Waals surface area contributed by atoms with Crippen molar-refractivity contribution in [1.82, 2.24) is 58.6 Å². The molecule has 6 heterocycles. The Morgan fingerprint density at radius 3 is 1.29 bits per heavy atom. The van der Waals surface area contributed by atoms with Crippen molar-refractivity contribution in [3.8, 4) is 17.5 Å². The maximum Gasteiger partial charge on any atom is 0.423 e. The van der Waals surface area contributed by atoms with E-state index in [9.17, 15) is 46.6 Å². The fourth-order valence-electron chi connectivity index (χ4n) is 8.81. The van der Waals surface area contributed by atoms with Crippen LogP contribution in [0.15, 0.2) is 169 Å². The zero-order valence-electron chi connectivity index (χ0n) is 45.3. The van der Waals surface area contributed by atoms with Crippen LogP contribution in [-0.4, -0.2) is 68.4 Å². The van der Waals surface area contributed by atoms with E-state index in [0.717, 1.165) is 67.4 Å². The minimum atomic E-state index is -4.83. The summed E-state index contributed by atoms with van der Waals surface area (Å²) in [6, 6.07) is 34.0. The summed E-state index contributed by atoms with van der Waals surface area (Å²) in [5, 5.41) is 27.1. The number of para-hydroxylation sites is 6. The van der Waals surface area contributed by atoms with Gasteiger partial charge in [0.15, 0.2) is 29.1 Å². The molecule has 0 radical (unpaired) electrons. The van der Waals surface area contributed by atoms with E-state index >= 15 is 0 Å². The Kier molecular flexibility index (Phi) is 17.2. The molecule has 0 bridgehead atoms. The summed E-state index contributed by atoms with van der Waals surface area (Å²) in [5.41, 5.74) is 14.1. The smallest absolute Gasteiger partial charge is 0.398 e. The van der Waals surface area contributed by atoms with Crippen molar-refractivity contribution >= 4 is 94.9 Å². The van der Waals surface area contributed by atoms with Gasteiger partial charge in [-0.2, -0.15) is 26.3 Å². The van der Waals surface area contributed by atoms with E-state index in [2.05, 4.69) is 71.4 Å². The van der Waals surface area contributed by atoms with E-state index in [0.29, 0.717) is 52.2 Å². The van der Waals surface area contributed by atoms with Crippen LogP contribution in [0.25, 0.3) is 50.6 Å². The van der Waals surface area contributed by atoms with Gasteiger partial charge in [-0.1, -0.05) is 58.4 Å². The highest BCUT2D eigenvalue weighted by molar-refractivity contribution is 9.10. The number of halogens is 7. The van der Waals surface area contributed by atoms with Crippen LogP contribution >= 0.6 is 15.9 Å². The molecule has 29 heteroatoms. The van der Waals surface area contributed by atoms with Crippen molar-refractivity contribution < 1.29 is 36.2 Å². The van der Waals surface area contributed by atoms with Crippen LogP contribution in [0.5, 0.6) is 0 Å². The first-order valence-corrected chi connectivity index (χ1v) is 26.0. The van der Waals surface area contributed by atoms with Gasteiger partial charge in [-0.25, -0.2) is 29.9 Å². The first-order valence-electron chi connectivity index (χ1n) is 25.3. The minimum Gasteiger partial charge on any atom is -0.398 e. The molecule has 0 aliphatic rings. The molecule has 0 aliphatic carbocycles. The maximum atomic E-state index is 13.0. The summed E-state index contributed by atoms with van der Waals surface area (Å²) < 4.78 is 83.8. The number of alkyl halides is 6. The second-order valence-electron chi connectivity index (χ2n) is 18.5. The highest BCUT2D eigenvalue weighted by atomic mass is 79.9. The van der Waals surface area contributed by atoms with Crippen molar-refractivity contribution in [2.75, 3.05) is 22.1 Å². The maximum absolute atomic E-state index is 13.0. The van der Waals surface area contributed by atoms with Crippen LogP contribution < -0.4 is 22.1 Å². The summed E-state index contributed by atoms with van der Waals surface area (Å²) >= 11 is 3.16. The number of aromatic nitrogens is 12. The number of nitro groups is 2. The van der Waals surface area contributed by atoms with Gasteiger partial charge >= 0.3 is 12.4 Å². The number of hydrogen-bond donors (Lipinski definition) is 4. The molecule has 0 aliphatic heterocycles. The summed E-state index contributed by atoms with van der Waals surface area (Å²) in [6.45, 7) is 7.31. The quantitative estimate of drug-likeness (QED) is 0.0452. The number of nitrogen functional groups attached to an aromatic ring is 2. The molecule has 0 atom stereocenters. The molecule has 0 unspecified atom stereocenters. The molecular formula is C57H45BrF6N18O4. The number of rotatable bonds is 9. The van der Waals surface area contributed by atoms with E-state index in [-0.39, 0.29) is 27.8 Å². The molecule has 86 heavy (non-hydrogen) atoms. The van der Waals surface area contributed by atoms with E-state index in [1.54, 1.807) is 42.9 Å². The van der Waals surface area contributed by atoms with Gasteiger partial charge in [0.25, 0.3) is 11.4 Å². The lowest BCUT2D eigenvalue weighted by Crippen LogP contribution is -2.09. The van der Waals surface area contributed by atoms with E-state index in [4.69, 9.17) is 11.5 Å². The average Bonchev–Trinajstić information content (AvgIpc) is 4.00. The van der Waals surface area contributed by atoms with Gasteiger partial charge in [0, 0.05) is 39.2 Å². The molecule has 12 rings (SSSR count). The summed E-state index contributed by atoms with van der Waals surface area (Å²) in [5.74, 6) is 4.93. The van der Waals surface area contributed by atoms with Crippen LogP contribution in [0.4, 0.5) is 72.2 Å². The molecule has 0 saturated heterocycles. The Hall–Kier alpha value is -11.0. The average molecular weight is 1240 g/mol. The molecule has 6 aromatic heterocycles. The Morgan fingerprint density at radius 2 is 0.884 bits per heavy atom. The highest BCUT2D eigenvalue weighted by Crippen LogP contribution is 2.38. The Morgan fingerprint density at radius 1 is 0.477 bits per heavy atom. The number of nitro benzene ring substituents is 2. The molecular weight excluding hydrogens is 1190 g/mol. The topological polar surface area (TPSA) is 293 Å². The predicted octanol–water partition coefficient (Wildman–Crippen LogP) is 13.6. The molecule has 12 aromatic rings. The predicted molar refractivity (Wildman–Crippen MR) is 315 cm³/mol. The fraction of sp³-hybridized carbons (Fsp3) is 0.105. The Balaban J connectivity index is 0.000000145. The van der Waals surface area contributed by atoms with E-state index in [1.165, 1.54) is 43.0 Å². The Bertz CT molecular complexity index is 4500. The van der Waals surface area contributed by atoms with Gasteiger partial charge in [-0.3, -0.25) is 48.9 Å². The highest BCUT2D eigenvalue weighted by Gasteiger charge is 2.38. The van der Waals surface area contributed by atoms with Crippen molar-refractivity contribution in [1.29, 1.82) is 0 Å². The number of nitrogens with one attached hydrogen (secondary N) is 2. The zero-order chi connectivity index (χ0) is 61.6. The molecule has 6 aromatic carbocycles. The van der Waals surface area contributed by atoms with Crippen molar-refractivity contribution in [2.24, 2.45) is 0 Å². The van der Waals surface area contributed by atoms with Crippen molar-refractivity contribution in [3.05, 3.63) is 223 Å². The first kappa shape index (κ1) is 59.6. The number of imidazole rings is 3. The fourth-order valence-corrected chi connectivity index (χ4v) is 9.15. The SMILES string of the molecule is Cc1ccc(Br)cc1[N+](=O)[O-].Cc1nc2ccccc2n1-c1cncc(N)n1.Cc1nc2ccccc2n1-c1cncc(Nc2ccc(C(F)(F)F)c(N)c2)n1.Cc1nc2ccccc2n1-c1cncc(Nc2ccc(C(F)(F)F)c([N+](=O)[O-])c2)n1. The summed E-state index contributed by atoms with van der Waals surface area (Å²) in [6.07, 6.45) is -0.180. The zero-order valence-corrected chi connectivity index (χ0v) is 46.9. The third-order valence-corrected chi connectivity index (χ3v) is 13.0. The largest absolute Gasteiger partial charge is 0.423 e. The summed E-state index contributed by atoms with van der Waals surface area (Å²) in [7, 11) is 0. The molecule has 0 amide bonds. The van der Waals surface area contributed by atoms with Crippen LogP contribution in [0.2, 0.25) is 0 Å². The number of anilines is 6. The van der Waals surface area contributed by atoms with Gasteiger partial charge in [0.05, 0.1) is 85.7 Å². The van der Waals surface area contributed by atoms with Gasteiger partial charge in [0.2, 0.25) is 0 Å². The second-order valence-corrected chi connectivity index (χ2v) is 19.4. The molecule has 0 spiro atoms. The van der Waals surface area contributed by atoms with E-state index < -0.39 is 34.1 Å².